The Bertz CT molecular complexity index is 727. The fourth-order valence-corrected chi connectivity index (χ4v) is 2.41. The lowest BCUT2D eigenvalue weighted by Crippen LogP contribution is -2.34. The number of amides is 1. The second-order valence-electron chi connectivity index (χ2n) is 5.06. The lowest BCUT2D eigenvalue weighted by Gasteiger charge is -2.20. The predicted molar refractivity (Wildman–Crippen MR) is 82.7 cm³/mol. The molecule has 0 saturated heterocycles. The van der Waals surface area contributed by atoms with Crippen LogP contribution in [0.5, 0.6) is 0 Å². The monoisotopic (exact) mass is 321 g/mol. The molecule has 7 heteroatoms. The number of aromatic nitrogens is 2. The minimum atomic E-state index is -0.446. The fraction of sp³-hybridized carbons (Fsp3) is 0.438. The summed E-state index contributed by atoms with van der Waals surface area (Å²) >= 11 is 0. The number of pyridine rings is 1. The van der Waals surface area contributed by atoms with Crippen molar-refractivity contribution in [2.75, 3.05) is 19.7 Å². The number of aryl methyl sites for hydroxylation is 1. The van der Waals surface area contributed by atoms with Crippen LogP contribution in [0.25, 0.3) is 5.65 Å². The first kappa shape index (κ1) is 16.9. The molecule has 0 aromatic carbocycles. The Balaban J connectivity index is 2.25. The number of carbonyl (C=O) groups excluding carboxylic acids is 2. The van der Waals surface area contributed by atoms with Gasteiger partial charge in [0.2, 0.25) is 0 Å². The Hall–Kier alpha value is -2.44. The summed E-state index contributed by atoms with van der Waals surface area (Å²) in [5.41, 5.74) is 1.34. The van der Waals surface area contributed by atoms with E-state index >= 15 is 0 Å². The third-order valence-electron chi connectivity index (χ3n) is 3.52. The van der Waals surface area contributed by atoms with Crippen LogP contribution in [0.4, 0.5) is 4.39 Å². The van der Waals surface area contributed by atoms with E-state index in [9.17, 15) is 14.0 Å². The van der Waals surface area contributed by atoms with Gasteiger partial charge in [-0.1, -0.05) is 0 Å². The highest BCUT2D eigenvalue weighted by molar-refractivity contribution is 5.94. The first-order valence-corrected chi connectivity index (χ1v) is 7.57. The molecule has 0 unspecified atom stereocenters. The number of nitrogens with zero attached hydrogens (tertiary/aromatic N) is 3. The first-order chi connectivity index (χ1) is 11.0. The van der Waals surface area contributed by atoms with Gasteiger partial charge in [0.1, 0.15) is 17.2 Å². The molecule has 0 N–H and O–H groups in total. The van der Waals surface area contributed by atoms with Gasteiger partial charge in [-0.15, -0.1) is 0 Å². The standard InChI is InChI=1S/C16H20FN3O3/c1-4-19(9-8-14(21)23-5-2)16(22)15-11(3)18-13-7-6-12(17)10-20(13)15/h6-7,10H,4-5,8-9H2,1-3H3. The highest BCUT2D eigenvalue weighted by atomic mass is 19.1. The summed E-state index contributed by atoms with van der Waals surface area (Å²) in [5, 5.41) is 0. The molecule has 0 atom stereocenters. The van der Waals surface area contributed by atoms with Gasteiger partial charge in [-0.05, 0) is 32.9 Å². The Kier molecular flexibility index (Phi) is 5.31. The van der Waals surface area contributed by atoms with Crippen LogP contribution in [0.3, 0.4) is 0 Å². The van der Waals surface area contributed by atoms with Gasteiger partial charge in [-0.2, -0.15) is 0 Å². The number of fused-ring (bicyclic) bond motifs is 1. The molecule has 1 amide bonds. The van der Waals surface area contributed by atoms with Crippen molar-refractivity contribution in [3.63, 3.8) is 0 Å². The molecule has 0 radical (unpaired) electrons. The van der Waals surface area contributed by atoms with Crippen molar-refractivity contribution in [2.45, 2.75) is 27.2 Å². The summed E-state index contributed by atoms with van der Waals surface area (Å²) < 4.78 is 19.8. The fourth-order valence-electron chi connectivity index (χ4n) is 2.41. The summed E-state index contributed by atoms with van der Waals surface area (Å²) in [7, 11) is 0. The number of hydrogen-bond acceptors (Lipinski definition) is 4. The number of hydrogen-bond donors (Lipinski definition) is 0. The van der Waals surface area contributed by atoms with Crippen molar-refractivity contribution >= 4 is 17.5 Å². The zero-order chi connectivity index (χ0) is 17.0. The van der Waals surface area contributed by atoms with Crippen LogP contribution in [0.2, 0.25) is 0 Å². The zero-order valence-electron chi connectivity index (χ0n) is 13.5. The van der Waals surface area contributed by atoms with E-state index in [0.29, 0.717) is 30.2 Å². The van der Waals surface area contributed by atoms with Crippen molar-refractivity contribution in [1.29, 1.82) is 0 Å². The van der Waals surface area contributed by atoms with Gasteiger partial charge in [0.15, 0.2) is 0 Å². The van der Waals surface area contributed by atoms with E-state index in [1.165, 1.54) is 27.6 Å². The Morgan fingerprint density at radius 2 is 2.09 bits per heavy atom. The Morgan fingerprint density at radius 1 is 1.35 bits per heavy atom. The predicted octanol–water partition coefficient (Wildman–Crippen LogP) is 2.20. The van der Waals surface area contributed by atoms with Crippen molar-refractivity contribution in [1.82, 2.24) is 14.3 Å². The molecule has 0 saturated carbocycles. The SMILES string of the molecule is CCOC(=O)CCN(CC)C(=O)c1c(C)nc2ccc(F)cn12. The van der Waals surface area contributed by atoms with E-state index in [2.05, 4.69) is 4.98 Å². The molecular formula is C16H20FN3O3. The van der Waals surface area contributed by atoms with E-state index < -0.39 is 5.82 Å². The normalized spacial score (nSPS) is 10.8. The molecule has 0 fully saturated rings. The van der Waals surface area contributed by atoms with Crippen LogP contribution in [0, 0.1) is 12.7 Å². The summed E-state index contributed by atoms with van der Waals surface area (Å²) in [4.78, 5) is 30.0. The van der Waals surface area contributed by atoms with Gasteiger partial charge in [-0.3, -0.25) is 14.0 Å². The first-order valence-electron chi connectivity index (χ1n) is 7.57. The van der Waals surface area contributed by atoms with Crippen molar-refractivity contribution < 1.29 is 18.7 Å². The molecule has 2 heterocycles. The average molecular weight is 321 g/mol. The maximum atomic E-state index is 13.5. The van der Waals surface area contributed by atoms with Gasteiger partial charge >= 0.3 is 5.97 Å². The summed E-state index contributed by atoms with van der Waals surface area (Å²) in [6.45, 7) is 6.25. The molecule has 0 bridgehead atoms. The lowest BCUT2D eigenvalue weighted by molar-refractivity contribution is -0.143. The topological polar surface area (TPSA) is 63.9 Å². The van der Waals surface area contributed by atoms with E-state index in [4.69, 9.17) is 4.74 Å². The smallest absolute Gasteiger partial charge is 0.307 e. The van der Waals surface area contributed by atoms with Gasteiger partial charge < -0.3 is 9.64 Å². The van der Waals surface area contributed by atoms with Gasteiger partial charge in [0.05, 0.1) is 18.7 Å². The zero-order valence-corrected chi connectivity index (χ0v) is 13.5. The van der Waals surface area contributed by atoms with Crippen LogP contribution in [-0.2, 0) is 9.53 Å². The highest BCUT2D eigenvalue weighted by Gasteiger charge is 2.22. The number of carbonyl (C=O) groups is 2. The van der Waals surface area contributed by atoms with Crippen molar-refractivity contribution in [3.8, 4) is 0 Å². The molecular weight excluding hydrogens is 301 g/mol. The number of rotatable bonds is 6. The highest BCUT2D eigenvalue weighted by Crippen LogP contribution is 2.15. The largest absolute Gasteiger partial charge is 0.466 e. The third-order valence-corrected chi connectivity index (χ3v) is 3.52. The maximum absolute atomic E-state index is 13.5. The van der Waals surface area contributed by atoms with Gasteiger partial charge in [0, 0.05) is 19.3 Å². The van der Waals surface area contributed by atoms with E-state index in [0.717, 1.165) is 0 Å². The van der Waals surface area contributed by atoms with Crippen LogP contribution >= 0.6 is 0 Å². The molecule has 0 spiro atoms. The lowest BCUT2D eigenvalue weighted by atomic mass is 10.2. The number of halogens is 1. The van der Waals surface area contributed by atoms with E-state index in [1.807, 2.05) is 6.92 Å². The second-order valence-corrected chi connectivity index (χ2v) is 5.06. The van der Waals surface area contributed by atoms with Crippen LogP contribution in [-0.4, -0.2) is 45.9 Å². The molecule has 23 heavy (non-hydrogen) atoms. The summed E-state index contributed by atoms with van der Waals surface area (Å²) in [6.07, 6.45) is 1.36. The Morgan fingerprint density at radius 3 is 2.74 bits per heavy atom. The maximum Gasteiger partial charge on any atom is 0.307 e. The van der Waals surface area contributed by atoms with Crippen LogP contribution < -0.4 is 0 Å². The molecule has 2 aromatic rings. The summed E-state index contributed by atoms with van der Waals surface area (Å²) in [5.74, 6) is -1.08. The summed E-state index contributed by atoms with van der Waals surface area (Å²) in [6, 6.07) is 2.82. The third kappa shape index (κ3) is 3.67. The molecule has 124 valence electrons. The number of esters is 1. The average Bonchev–Trinajstić information content (AvgIpc) is 2.83. The van der Waals surface area contributed by atoms with Crippen LogP contribution in [0.15, 0.2) is 18.3 Å². The van der Waals surface area contributed by atoms with Gasteiger partial charge in [0.25, 0.3) is 5.91 Å². The molecule has 0 aliphatic heterocycles. The van der Waals surface area contributed by atoms with Crippen molar-refractivity contribution in [3.05, 3.63) is 35.5 Å². The van der Waals surface area contributed by atoms with E-state index in [-0.39, 0.29) is 24.8 Å². The molecule has 2 rings (SSSR count). The molecule has 6 nitrogen and oxygen atoms in total. The Labute approximate surface area is 133 Å². The minimum absolute atomic E-state index is 0.123. The number of imidazole rings is 1. The van der Waals surface area contributed by atoms with E-state index in [1.54, 1.807) is 13.8 Å². The molecule has 2 aromatic heterocycles. The minimum Gasteiger partial charge on any atom is -0.466 e. The second kappa shape index (κ2) is 7.21. The van der Waals surface area contributed by atoms with Gasteiger partial charge in [-0.25, -0.2) is 9.37 Å². The quantitative estimate of drug-likeness (QED) is 0.765. The van der Waals surface area contributed by atoms with Crippen LogP contribution in [0.1, 0.15) is 36.5 Å². The molecule has 0 aliphatic rings. The molecule has 0 aliphatic carbocycles. The number of ether oxygens (including phenoxy) is 1. The van der Waals surface area contributed by atoms with Crippen molar-refractivity contribution in [2.24, 2.45) is 0 Å².